The van der Waals surface area contributed by atoms with Gasteiger partial charge < -0.3 is 21.1 Å². The molecule has 9 nitrogen and oxygen atoms in total. The van der Waals surface area contributed by atoms with Gasteiger partial charge in [-0.3, -0.25) is 9.59 Å². The number of hydrogen-bond acceptors (Lipinski definition) is 8. The summed E-state index contributed by atoms with van der Waals surface area (Å²) in [6.07, 6.45) is 0.394. The second-order valence-corrected chi connectivity index (χ2v) is 8.33. The molecule has 0 radical (unpaired) electrons. The van der Waals surface area contributed by atoms with Gasteiger partial charge in [0, 0.05) is 29.8 Å². The molecule has 1 unspecified atom stereocenters. The number of fused-ring (bicyclic) bond motifs is 5. The third-order valence-corrected chi connectivity index (χ3v) is 5.84. The number of ether oxygens (including phenoxy) is 1. The van der Waals surface area contributed by atoms with Crippen LogP contribution in [0.1, 0.15) is 34.3 Å². The normalized spacial score (nSPS) is 17.5. The molecule has 3 rings (SSSR count). The molecule has 0 fully saturated rings. The van der Waals surface area contributed by atoms with Crippen molar-refractivity contribution in [1.29, 1.82) is 0 Å². The van der Waals surface area contributed by atoms with Crippen molar-refractivity contribution in [3.05, 3.63) is 34.9 Å². The Bertz CT molecular complexity index is 1030. The van der Waals surface area contributed by atoms with Crippen molar-refractivity contribution in [2.24, 2.45) is 0 Å². The quantitative estimate of drug-likeness (QED) is 0.447. The van der Waals surface area contributed by atoms with Gasteiger partial charge in [-0.25, -0.2) is 14.8 Å². The van der Waals surface area contributed by atoms with E-state index >= 15 is 0 Å². The van der Waals surface area contributed by atoms with Gasteiger partial charge in [0.2, 0.25) is 11.9 Å². The molecule has 10 heteroatoms. The van der Waals surface area contributed by atoms with E-state index in [1.807, 2.05) is 19.9 Å². The molecule has 1 aromatic carbocycles. The van der Waals surface area contributed by atoms with Crippen molar-refractivity contribution in [3.63, 3.8) is 0 Å². The number of esters is 1. The number of hydrogen-bond donors (Lipinski definition) is 3. The molecule has 2 amide bonds. The fraction of sp³-hybridized carbons (Fsp3) is 0.381. The van der Waals surface area contributed by atoms with Crippen molar-refractivity contribution >= 4 is 35.5 Å². The number of benzene rings is 1. The maximum absolute atomic E-state index is 12.8. The van der Waals surface area contributed by atoms with Crippen molar-refractivity contribution in [1.82, 2.24) is 20.6 Å². The molecule has 4 N–H and O–H groups in total. The maximum atomic E-state index is 12.8. The Kier molecular flexibility index (Phi) is 7.11. The average Bonchev–Trinajstić information content (AvgIpc) is 2.71. The van der Waals surface area contributed by atoms with Crippen LogP contribution in [0.25, 0.3) is 11.3 Å². The first kappa shape index (κ1) is 22.5. The number of nitrogens with one attached hydrogen (secondary N) is 2. The summed E-state index contributed by atoms with van der Waals surface area (Å²) in [6.45, 7) is 4.00. The molecule has 1 atom stereocenters. The predicted molar refractivity (Wildman–Crippen MR) is 118 cm³/mol. The first-order chi connectivity index (χ1) is 14.8. The van der Waals surface area contributed by atoms with Crippen LogP contribution >= 0.6 is 11.8 Å². The predicted octanol–water partition coefficient (Wildman–Crippen LogP) is 1.62. The van der Waals surface area contributed by atoms with Gasteiger partial charge >= 0.3 is 5.97 Å². The minimum atomic E-state index is -0.841. The Morgan fingerprint density at radius 2 is 1.90 bits per heavy atom. The molecule has 31 heavy (non-hydrogen) atoms. The number of nitrogen functional groups attached to an aromatic ring is 1. The van der Waals surface area contributed by atoms with Crippen molar-refractivity contribution < 1.29 is 19.1 Å². The van der Waals surface area contributed by atoms with Crippen molar-refractivity contribution in [2.75, 3.05) is 25.1 Å². The lowest BCUT2D eigenvalue weighted by atomic mass is 9.97. The number of nitrogens with zero attached hydrogens (tertiary/aromatic N) is 2. The van der Waals surface area contributed by atoms with E-state index in [1.54, 1.807) is 12.1 Å². The van der Waals surface area contributed by atoms with Crippen molar-refractivity contribution in [3.8, 4) is 11.3 Å². The molecule has 0 spiro atoms. The van der Waals surface area contributed by atoms with E-state index in [2.05, 4.69) is 20.6 Å². The molecular formula is C21H25N5O4S. The molecule has 0 saturated carbocycles. The number of aryl methyl sites for hydroxylation is 2. The zero-order chi connectivity index (χ0) is 22.5. The number of amides is 2. The Balaban J connectivity index is 2.00. The summed E-state index contributed by atoms with van der Waals surface area (Å²) in [4.78, 5) is 45.7. The number of aromatic nitrogens is 2. The average molecular weight is 444 g/mol. The number of methoxy groups -OCH3 is 1. The molecule has 2 aromatic rings. The summed E-state index contributed by atoms with van der Waals surface area (Å²) in [5, 5.41) is 6.11. The molecule has 1 aromatic heterocycles. The van der Waals surface area contributed by atoms with Crippen LogP contribution < -0.4 is 16.4 Å². The van der Waals surface area contributed by atoms with Crippen molar-refractivity contribution in [2.45, 2.75) is 37.8 Å². The van der Waals surface area contributed by atoms with Gasteiger partial charge in [0.1, 0.15) is 11.1 Å². The number of nitrogens with two attached hydrogens (primary N) is 1. The fourth-order valence-corrected chi connectivity index (χ4v) is 4.21. The van der Waals surface area contributed by atoms with Crippen LogP contribution in [-0.2, 0) is 14.3 Å². The van der Waals surface area contributed by atoms with E-state index in [1.165, 1.54) is 18.9 Å². The summed E-state index contributed by atoms with van der Waals surface area (Å²) < 4.78 is 4.78. The van der Waals surface area contributed by atoms with Crippen LogP contribution in [-0.4, -0.2) is 53.2 Å². The van der Waals surface area contributed by atoms with E-state index in [0.29, 0.717) is 22.0 Å². The smallest absolute Gasteiger partial charge is 0.328 e. The SMILES string of the molecule is COC(=O)C1CCNC(=O)c2cc(c(C)cc2C)-c2cc(nc(N)n2)SCCC(=O)N1. The Hall–Kier alpha value is -3.14. The number of anilines is 1. The molecule has 1 aliphatic heterocycles. The highest BCUT2D eigenvalue weighted by Gasteiger charge is 2.22. The molecule has 0 aliphatic carbocycles. The number of carbonyl (C=O) groups excluding carboxylic acids is 3. The summed E-state index contributed by atoms with van der Waals surface area (Å²) in [5.74, 6) is -0.566. The third kappa shape index (κ3) is 5.52. The molecule has 2 heterocycles. The zero-order valence-electron chi connectivity index (χ0n) is 17.7. The summed E-state index contributed by atoms with van der Waals surface area (Å²) in [7, 11) is 1.26. The molecule has 1 aliphatic rings. The van der Waals surface area contributed by atoms with E-state index in [4.69, 9.17) is 10.5 Å². The highest BCUT2D eigenvalue weighted by Crippen LogP contribution is 2.29. The monoisotopic (exact) mass is 443 g/mol. The maximum Gasteiger partial charge on any atom is 0.328 e. The first-order valence-corrected chi connectivity index (χ1v) is 10.8. The fourth-order valence-electron chi connectivity index (χ4n) is 3.36. The third-order valence-electron chi connectivity index (χ3n) is 4.93. The van der Waals surface area contributed by atoms with Crippen LogP contribution in [0, 0.1) is 13.8 Å². The minimum absolute atomic E-state index is 0.113. The lowest BCUT2D eigenvalue weighted by molar-refractivity contribution is -0.145. The first-order valence-electron chi connectivity index (χ1n) is 9.83. The van der Waals surface area contributed by atoms with Gasteiger partial charge in [-0.2, -0.15) is 0 Å². The van der Waals surface area contributed by atoms with Crippen LogP contribution in [0.2, 0.25) is 0 Å². The number of thioether (sulfide) groups is 1. The van der Waals surface area contributed by atoms with E-state index in [9.17, 15) is 14.4 Å². The van der Waals surface area contributed by atoms with Gasteiger partial charge in [0.05, 0.1) is 12.8 Å². The second kappa shape index (κ2) is 9.78. The van der Waals surface area contributed by atoms with Gasteiger partial charge in [-0.05, 0) is 43.5 Å². The lowest BCUT2D eigenvalue weighted by Crippen LogP contribution is -2.43. The standard InChI is InChI=1S/C21H25N5O4S/c1-11-8-12(2)14-9-13(11)16-10-18(26-21(22)25-16)31-7-5-17(27)24-15(20(29)30-3)4-6-23-19(14)28/h8-10,15H,4-7H2,1-3H3,(H,23,28)(H,24,27)(H2,22,25,26). The molecule has 4 bridgehead atoms. The zero-order valence-corrected chi connectivity index (χ0v) is 18.5. The highest BCUT2D eigenvalue weighted by atomic mass is 32.2. The van der Waals surface area contributed by atoms with Gasteiger partial charge in [0.25, 0.3) is 5.91 Å². The summed E-state index contributed by atoms with van der Waals surface area (Å²) >= 11 is 1.37. The lowest BCUT2D eigenvalue weighted by Gasteiger charge is -2.18. The Labute approximate surface area is 184 Å². The van der Waals surface area contributed by atoms with Gasteiger partial charge in [-0.1, -0.05) is 6.07 Å². The van der Waals surface area contributed by atoms with Gasteiger partial charge in [0.15, 0.2) is 0 Å². The molecule has 0 saturated heterocycles. The van der Waals surface area contributed by atoms with Crippen LogP contribution in [0.15, 0.2) is 23.2 Å². The van der Waals surface area contributed by atoms with Gasteiger partial charge in [-0.15, -0.1) is 11.8 Å². The summed E-state index contributed by atoms with van der Waals surface area (Å²) in [6, 6.07) is 4.67. The molecule has 164 valence electrons. The summed E-state index contributed by atoms with van der Waals surface area (Å²) in [5.41, 5.74) is 9.57. The largest absolute Gasteiger partial charge is 0.467 e. The minimum Gasteiger partial charge on any atom is -0.467 e. The number of rotatable bonds is 1. The Morgan fingerprint density at radius 1 is 1.16 bits per heavy atom. The van der Waals surface area contributed by atoms with E-state index in [0.717, 1.165) is 16.7 Å². The second-order valence-electron chi connectivity index (χ2n) is 7.22. The van der Waals surface area contributed by atoms with E-state index < -0.39 is 12.0 Å². The molecular weight excluding hydrogens is 418 g/mol. The Morgan fingerprint density at radius 3 is 2.65 bits per heavy atom. The van der Waals surface area contributed by atoms with Crippen LogP contribution in [0.4, 0.5) is 5.95 Å². The number of carbonyl (C=O) groups is 3. The van der Waals surface area contributed by atoms with Crippen LogP contribution in [0.3, 0.4) is 0 Å². The van der Waals surface area contributed by atoms with Crippen LogP contribution in [0.5, 0.6) is 0 Å². The van der Waals surface area contributed by atoms with E-state index in [-0.39, 0.29) is 37.1 Å². The highest BCUT2D eigenvalue weighted by molar-refractivity contribution is 7.99. The topological polar surface area (TPSA) is 136 Å².